The largest absolute Gasteiger partial charge is 0.497 e. The van der Waals surface area contributed by atoms with E-state index in [0.29, 0.717) is 60.4 Å². The van der Waals surface area contributed by atoms with E-state index >= 15 is 0 Å². The molecule has 2 aliphatic heterocycles. The van der Waals surface area contributed by atoms with E-state index in [0.717, 1.165) is 0 Å². The Hall–Kier alpha value is -3.52. The van der Waals surface area contributed by atoms with Crippen LogP contribution in [-0.4, -0.2) is 57.3 Å². The van der Waals surface area contributed by atoms with E-state index in [2.05, 4.69) is 0 Å². The zero-order chi connectivity index (χ0) is 21.1. The number of ketones is 1. The van der Waals surface area contributed by atoms with Crippen molar-refractivity contribution in [2.75, 3.05) is 40.5 Å². The molecule has 0 unspecified atom stereocenters. The number of hydrogen-bond acceptors (Lipinski definition) is 7. The summed E-state index contributed by atoms with van der Waals surface area (Å²) in [5, 5.41) is 0. The lowest BCUT2D eigenvalue weighted by atomic mass is 10.1. The minimum Gasteiger partial charge on any atom is -0.497 e. The molecule has 2 aliphatic rings. The van der Waals surface area contributed by atoms with E-state index in [1.165, 1.54) is 13.2 Å². The van der Waals surface area contributed by atoms with Crippen LogP contribution in [0.2, 0.25) is 0 Å². The molecule has 1 fully saturated rings. The Balaban J connectivity index is 1.53. The second-order valence-corrected chi connectivity index (χ2v) is 6.67. The predicted octanol–water partition coefficient (Wildman–Crippen LogP) is 3.15. The molecule has 0 spiro atoms. The van der Waals surface area contributed by atoms with Gasteiger partial charge >= 0.3 is 6.09 Å². The lowest BCUT2D eigenvalue weighted by molar-refractivity contribution is 0.0416. The summed E-state index contributed by atoms with van der Waals surface area (Å²) in [6, 6.07) is 9.98. The fraction of sp³-hybridized carbons (Fsp3) is 0.273. The topological polar surface area (TPSA) is 83.5 Å². The standard InChI is InChI=1S/C22H21NO7/c1-26-15-4-3-14(18(12-15)27-2)11-20-21(24)17-6-5-16(13-19(17)30-20)29-22(25)23-7-9-28-10-8-23/h3-6,11-13H,7-10H2,1-2H3. The third-order valence-corrected chi connectivity index (χ3v) is 4.84. The van der Waals surface area contributed by atoms with E-state index < -0.39 is 6.09 Å². The summed E-state index contributed by atoms with van der Waals surface area (Å²) in [6.07, 6.45) is 1.15. The number of carbonyl (C=O) groups excluding carboxylic acids is 2. The lowest BCUT2D eigenvalue weighted by Gasteiger charge is -2.25. The first-order valence-corrected chi connectivity index (χ1v) is 9.44. The molecule has 30 heavy (non-hydrogen) atoms. The van der Waals surface area contributed by atoms with Crippen molar-refractivity contribution in [3.63, 3.8) is 0 Å². The Morgan fingerprint density at radius 1 is 1.03 bits per heavy atom. The number of Topliss-reactive ketones (excluding diaryl/α,β-unsaturated/α-hetero) is 1. The zero-order valence-corrected chi connectivity index (χ0v) is 16.7. The molecule has 8 heteroatoms. The molecular weight excluding hydrogens is 390 g/mol. The maximum Gasteiger partial charge on any atom is 0.415 e. The monoisotopic (exact) mass is 411 g/mol. The van der Waals surface area contributed by atoms with Gasteiger partial charge in [-0.15, -0.1) is 0 Å². The number of fused-ring (bicyclic) bond motifs is 1. The van der Waals surface area contributed by atoms with E-state index in [1.807, 2.05) is 0 Å². The summed E-state index contributed by atoms with van der Waals surface area (Å²) in [4.78, 5) is 26.6. The summed E-state index contributed by atoms with van der Waals surface area (Å²) in [7, 11) is 3.11. The molecule has 2 aromatic rings. The molecule has 0 aliphatic carbocycles. The minimum absolute atomic E-state index is 0.158. The van der Waals surface area contributed by atoms with Gasteiger partial charge in [-0.1, -0.05) is 0 Å². The van der Waals surface area contributed by atoms with E-state index in [1.54, 1.807) is 48.4 Å². The SMILES string of the molecule is COc1ccc(C=C2Oc3cc(OC(=O)N4CCOCC4)ccc3C2=O)c(OC)c1. The van der Waals surface area contributed by atoms with Gasteiger partial charge in [-0.3, -0.25) is 4.79 Å². The van der Waals surface area contributed by atoms with Crippen molar-refractivity contribution < 1.29 is 33.3 Å². The molecule has 0 saturated carbocycles. The third kappa shape index (κ3) is 3.95. The predicted molar refractivity (Wildman–Crippen MR) is 107 cm³/mol. The lowest BCUT2D eigenvalue weighted by Crippen LogP contribution is -2.42. The van der Waals surface area contributed by atoms with Crippen LogP contribution in [0.4, 0.5) is 4.79 Å². The van der Waals surface area contributed by atoms with Gasteiger partial charge in [-0.2, -0.15) is 0 Å². The van der Waals surface area contributed by atoms with Gasteiger partial charge in [0.15, 0.2) is 5.76 Å². The smallest absolute Gasteiger partial charge is 0.415 e. The highest BCUT2D eigenvalue weighted by Crippen LogP contribution is 2.36. The number of morpholine rings is 1. The molecule has 1 amide bonds. The number of benzene rings is 2. The Bertz CT molecular complexity index is 1010. The van der Waals surface area contributed by atoms with Crippen LogP contribution < -0.4 is 18.9 Å². The molecule has 8 nitrogen and oxygen atoms in total. The van der Waals surface area contributed by atoms with Crippen molar-refractivity contribution in [3.8, 4) is 23.0 Å². The number of methoxy groups -OCH3 is 2. The van der Waals surface area contributed by atoms with Gasteiger partial charge in [0.25, 0.3) is 0 Å². The van der Waals surface area contributed by atoms with E-state index in [9.17, 15) is 9.59 Å². The van der Waals surface area contributed by atoms with Crippen LogP contribution in [0.5, 0.6) is 23.0 Å². The highest BCUT2D eigenvalue weighted by molar-refractivity contribution is 6.14. The second-order valence-electron chi connectivity index (χ2n) is 6.67. The number of hydrogen-bond donors (Lipinski definition) is 0. The third-order valence-electron chi connectivity index (χ3n) is 4.84. The Morgan fingerprint density at radius 3 is 2.53 bits per heavy atom. The first-order valence-electron chi connectivity index (χ1n) is 9.44. The van der Waals surface area contributed by atoms with E-state index in [-0.39, 0.29) is 11.5 Å². The average Bonchev–Trinajstić information content (AvgIpc) is 3.09. The average molecular weight is 411 g/mol. The van der Waals surface area contributed by atoms with Crippen molar-refractivity contribution in [1.29, 1.82) is 0 Å². The van der Waals surface area contributed by atoms with Gasteiger partial charge in [0, 0.05) is 30.8 Å². The van der Waals surface area contributed by atoms with Gasteiger partial charge in [0.05, 0.1) is 33.0 Å². The number of nitrogens with zero attached hydrogens (tertiary/aromatic N) is 1. The normalized spacial score (nSPS) is 16.8. The molecule has 4 rings (SSSR count). The summed E-state index contributed by atoms with van der Waals surface area (Å²) in [6.45, 7) is 1.93. The molecule has 0 atom stereocenters. The van der Waals surface area contributed by atoms with Crippen LogP contribution in [-0.2, 0) is 4.74 Å². The highest BCUT2D eigenvalue weighted by Gasteiger charge is 2.29. The van der Waals surface area contributed by atoms with Crippen molar-refractivity contribution in [3.05, 3.63) is 53.3 Å². The molecule has 156 valence electrons. The van der Waals surface area contributed by atoms with E-state index in [4.69, 9.17) is 23.7 Å². The number of ether oxygens (including phenoxy) is 5. The Labute approximate surface area is 173 Å². The van der Waals surface area contributed by atoms with Crippen LogP contribution in [0.3, 0.4) is 0 Å². The summed E-state index contributed by atoms with van der Waals surface area (Å²) < 4.78 is 27.0. The van der Waals surface area contributed by atoms with Gasteiger partial charge in [-0.25, -0.2) is 4.79 Å². The van der Waals surface area contributed by atoms with Crippen molar-refractivity contribution in [1.82, 2.24) is 4.90 Å². The van der Waals surface area contributed by atoms with Crippen LogP contribution in [0.1, 0.15) is 15.9 Å². The molecule has 2 aromatic carbocycles. The van der Waals surface area contributed by atoms with Crippen LogP contribution in [0.15, 0.2) is 42.2 Å². The molecule has 0 aromatic heterocycles. The fourth-order valence-electron chi connectivity index (χ4n) is 3.22. The molecule has 1 saturated heterocycles. The number of rotatable bonds is 4. The summed E-state index contributed by atoms with van der Waals surface area (Å²) in [5.41, 5.74) is 1.08. The van der Waals surface area contributed by atoms with Crippen LogP contribution in [0.25, 0.3) is 6.08 Å². The number of amides is 1. The van der Waals surface area contributed by atoms with Gasteiger partial charge in [-0.05, 0) is 30.3 Å². The zero-order valence-electron chi connectivity index (χ0n) is 16.7. The quantitative estimate of drug-likeness (QED) is 0.715. The number of carbonyl (C=O) groups is 2. The Morgan fingerprint density at radius 2 is 1.80 bits per heavy atom. The van der Waals surface area contributed by atoms with Crippen LogP contribution in [0, 0.1) is 0 Å². The molecule has 0 N–H and O–H groups in total. The van der Waals surface area contributed by atoms with Crippen molar-refractivity contribution in [2.45, 2.75) is 0 Å². The number of allylic oxidation sites excluding steroid dienone is 1. The first-order chi connectivity index (χ1) is 14.6. The molecule has 0 radical (unpaired) electrons. The van der Waals surface area contributed by atoms with Gasteiger partial charge in [0.2, 0.25) is 5.78 Å². The molecule has 2 heterocycles. The molecular formula is C22H21NO7. The Kier molecular flexibility index (Phi) is 5.58. The van der Waals surface area contributed by atoms with Crippen molar-refractivity contribution in [2.24, 2.45) is 0 Å². The minimum atomic E-state index is -0.457. The highest BCUT2D eigenvalue weighted by atomic mass is 16.6. The maximum absolute atomic E-state index is 12.7. The van der Waals surface area contributed by atoms with Crippen LogP contribution >= 0.6 is 0 Å². The van der Waals surface area contributed by atoms with Gasteiger partial charge < -0.3 is 28.6 Å². The summed E-state index contributed by atoms with van der Waals surface area (Å²) in [5.74, 6) is 1.74. The fourth-order valence-corrected chi connectivity index (χ4v) is 3.22. The maximum atomic E-state index is 12.7. The van der Waals surface area contributed by atoms with Gasteiger partial charge in [0.1, 0.15) is 23.0 Å². The second kappa shape index (κ2) is 8.46. The summed E-state index contributed by atoms with van der Waals surface area (Å²) >= 11 is 0. The van der Waals surface area contributed by atoms with Crippen molar-refractivity contribution >= 4 is 18.0 Å². The first kappa shape index (κ1) is 19.8. The molecule has 0 bridgehead atoms.